The van der Waals surface area contributed by atoms with Crippen molar-refractivity contribution in [3.05, 3.63) is 65.6 Å². The van der Waals surface area contributed by atoms with Gasteiger partial charge in [-0.3, -0.25) is 0 Å². The van der Waals surface area contributed by atoms with E-state index < -0.39 is 20.0 Å². The molecule has 1 aliphatic carbocycles. The molecule has 0 bridgehead atoms. The van der Waals surface area contributed by atoms with E-state index in [1.165, 1.54) is 24.3 Å². The molecule has 0 unspecified atom stereocenters. The number of hydrogen-bond acceptors (Lipinski definition) is 6. The van der Waals surface area contributed by atoms with E-state index in [-0.39, 0.29) is 22.4 Å². The molecular weight excluding hydrogens is 438 g/mol. The zero-order valence-corrected chi connectivity index (χ0v) is 18.7. The number of sulfonamides is 2. The van der Waals surface area contributed by atoms with Gasteiger partial charge in [0.05, 0.1) is 15.5 Å². The Morgan fingerprint density at radius 1 is 0.968 bits per heavy atom. The van der Waals surface area contributed by atoms with Gasteiger partial charge in [0.15, 0.2) is 5.82 Å². The van der Waals surface area contributed by atoms with Crippen LogP contribution in [0, 0.1) is 13.8 Å². The first-order valence-corrected chi connectivity index (χ1v) is 12.7. The fourth-order valence-electron chi connectivity index (χ4n) is 3.06. The lowest BCUT2D eigenvalue weighted by Gasteiger charge is -2.09. The average molecular weight is 462 g/mol. The average Bonchev–Trinajstić information content (AvgIpc) is 3.47. The zero-order valence-electron chi connectivity index (χ0n) is 17.1. The largest absolute Gasteiger partial charge is 0.240 e. The molecule has 31 heavy (non-hydrogen) atoms. The minimum absolute atomic E-state index is 0.00917. The van der Waals surface area contributed by atoms with Gasteiger partial charge in [-0.15, -0.1) is 0 Å². The molecule has 4 rings (SSSR count). The van der Waals surface area contributed by atoms with Crippen LogP contribution in [-0.4, -0.2) is 37.6 Å². The summed E-state index contributed by atoms with van der Waals surface area (Å²) in [6.07, 6.45) is 3.24. The molecule has 1 saturated carbocycles. The third kappa shape index (κ3) is 5.01. The Hall–Kier alpha value is -2.60. The Morgan fingerprint density at radius 3 is 2.13 bits per heavy atom. The molecule has 2 N–H and O–H groups in total. The van der Waals surface area contributed by atoms with Crippen LogP contribution in [0.5, 0.6) is 0 Å². The molecule has 2 heterocycles. The maximum Gasteiger partial charge on any atom is 0.240 e. The highest BCUT2D eigenvalue weighted by Crippen LogP contribution is 2.23. The van der Waals surface area contributed by atoms with Crippen molar-refractivity contribution in [2.45, 2.75) is 49.1 Å². The van der Waals surface area contributed by atoms with Gasteiger partial charge in [-0.05, 0) is 68.7 Å². The maximum atomic E-state index is 12.6. The summed E-state index contributed by atoms with van der Waals surface area (Å²) in [6, 6.07) is 10.6. The summed E-state index contributed by atoms with van der Waals surface area (Å²) in [7, 11) is -7.43. The Balaban J connectivity index is 1.42. The van der Waals surface area contributed by atoms with E-state index in [1.54, 1.807) is 23.0 Å². The molecule has 1 fully saturated rings. The van der Waals surface area contributed by atoms with Gasteiger partial charge in [-0.2, -0.15) is 5.10 Å². The highest BCUT2D eigenvalue weighted by molar-refractivity contribution is 7.90. The Kier molecular flexibility index (Phi) is 5.69. The molecule has 9 nitrogen and oxygen atoms in total. The van der Waals surface area contributed by atoms with Gasteiger partial charge in [0.2, 0.25) is 20.0 Å². The van der Waals surface area contributed by atoms with Crippen molar-refractivity contribution in [3.8, 4) is 5.82 Å². The van der Waals surface area contributed by atoms with Crippen LogP contribution in [-0.2, 0) is 26.6 Å². The molecule has 1 aliphatic rings. The highest BCUT2D eigenvalue weighted by Gasteiger charge is 2.28. The fraction of sp³-hybridized carbons (Fsp3) is 0.300. The number of hydrogen-bond donors (Lipinski definition) is 2. The van der Waals surface area contributed by atoms with Crippen LogP contribution in [0.15, 0.2) is 58.5 Å². The first-order chi connectivity index (χ1) is 14.6. The Morgan fingerprint density at radius 2 is 1.61 bits per heavy atom. The lowest BCUT2D eigenvalue weighted by atomic mass is 10.3. The van der Waals surface area contributed by atoms with E-state index >= 15 is 0 Å². The second kappa shape index (κ2) is 8.15. The lowest BCUT2D eigenvalue weighted by Crippen LogP contribution is -2.26. The van der Waals surface area contributed by atoms with E-state index in [1.807, 2.05) is 19.9 Å². The first kappa shape index (κ1) is 21.6. The smallest absolute Gasteiger partial charge is 0.237 e. The van der Waals surface area contributed by atoms with Gasteiger partial charge in [-0.1, -0.05) is 6.07 Å². The predicted molar refractivity (Wildman–Crippen MR) is 115 cm³/mol. The molecule has 0 amide bonds. The monoisotopic (exact) mass is 461 g/mol. The maximum absolute atomic E-state index is 12.6. The summed E-state index contributed by atoms with van der Waals surface area (Å²) in [4.78, 5) is 4.39. The number of aromatic nitrogens is 3. The molecule has 1 aromatic carbocycles. The summed E-state index contributed by atoms with van der Waals surface area (Å²) in [5.41, 5.74) is 2.52. The van der Waals surface area contributed by atoms with Gasteiger partial charge >= 0.3 is 0 Å². The zero-order chi connectivity index (χ0) is 22.2. The molecule has 2 aromatic heterocycles. The number of pyridine rings is 1. The number of nitrogens with zero attached hydrogens (tertiary/aromatic N) is 3. The molecule has 0 saturated heterocycles. The van der Waals surface area contributed by atoms with Crippen LogP contribution >= 0.6 is 0 Å². The predicted octanol–water partition coefficient (Wildman–Crippen LogP) is 1.80. The number of nitrogens with one attached hydrogen (secondary N) is 2. The fourth-order valence-corrected chi connectivity index (χ4v) is 5.38. The number of benzene rings is 1. The van der Waals surface area contributed by atoms with E-state index in [0.29, 0.717) is 11.4 Å². The standard InChI is InChI=1S/C20H23N5O4S2/c1-14-11-15(2)25(23-14)20-10-3-16(12-21-20)13-22-30(26,27)18-6-8-19(9-7-18)31(28,29)24-17-4-5-17/h3,6-12,17,22,24H,4-5,13H2,1-2H3. The molecule has 0 radical (unpaired) electrons. The van der Waals surface area contributed by atoms with Crippen molar-refractivity contribution in [1.29, 1.82) is 0 Å². The molecule has 164 valence electrons. The van der Waals surface area contributed by atoms with E-state index in [2.05, 4.69) is 19.5 Å². The molecule has 0 spiro atoms. The molecule has 3 aromatic rings. The van der Waals surface area contributed by atoms with E-state index in [0.717, 1.165) is 24.2 Å². The summed E-state index contributed by atoms with van der Waals surface area (Å²) in [5, 5.41) is 4.37. The number of rotatable bonds is 8. The van der Waals surface area contributed by atoms with Crippen molar-refractivity contribution in [2.75, 3.05) is 0 Å². The minimum Gasteiger partial charge on any atom is -0.237 e. The van der Waals surface area contributed by atoms with Crippen LogP contribution in [0.1, 0.15) is 29.8 Å². The van der Waals surface area contributed by atoms with Crippen molar-refractivity contribution < 1.29 is 16.8 Å². The van der Waals surface area contributed by atoms with Gasteiger partial charge in [0, 0.05) is 24.5 Å². The molecular formula is C20H23N5O4S2. The van der Waals surface area contributed by atoms with Crippen molar-refractivity contribution in [1.82, 2.24) is 24.2 Å². The van der Waals surface area contributed by atoms with Crippen molar-refractivity contribution >= 4 is 20.0 Å². The minimum atomic E-state index is -3.81. The van der Waals surface area contributed by atoms with Crippen LogP contribution in [0.3, 0.4) is 0 Å². The van der Waals surface area contributed by atoms with E-state index in [4.69, 9.17) is 0 Å². The summed E-state index contributed by atoms with van der Waals surface area (Å²) < 4.78 is 56.4. The second-order valence-corrected chi connectivity index (χ2v) is 11.0. The summed E-state index contributed by atoms with van der Waals surface area (Å²) in [6.45, 7) is 3.89. The molecule has 0 atom stereocenters. The van der Waals surface area contributed by atoms with Gasteiger partial charge < -0.3 is 0 Å². The normalized spacial score (nSPS) is 14.6. The Bertz CT molecular complexity index is 1290. The SMILES string of the molecule is Cc1cc(C)n(-c2ccc(CNS(=O)(=O)c3ccc(S(=O)(=O)NC4CC4)cc3)cn2)n1. The van der Waals surface area contributed by atoms with Crippen molar-refractivity contribution in [2.24, 2.45) is 0 Å². The third-order valence-corrected chi connectivity index (χ3v) is 7.80. The highest BCUT2D eigenvalue weighted by atomic mass is 32.2. The summed E-state index contributed by atoms with van der Waals surface area (Å²) >= 11 is 0. The van der Waals surface area contributed by atoms with E-state index in [9.17, 15) is 16.8 Å². The topological polar surface area (TPSA) is 123 Å². The Labute approximate surface area is 181 Å². The summed E-state index contributed by atoms with van der Waals surface area (Å²) in [5.74, 6) is 0.647. The molecule has 0 aliphatic heterocycles. The van der Waals surface area contributed by atoms with Gasteiger partial charge in [0.1, 0.15) is 0 Å². The van der Waals surface area contributed by atoms with Crippen LogP contribution in [0.4, 0.5) is 0 Å². The van der Waals surface area contributed by atoms with Crippen LogP contribution < -0.4 is 9.44 Å². The number of aryl methyl sites for hydroxylation is 2. The third-order valence-electron chi connectivity index (χ3n) is 4.85. The van der Waals surface area contributed by atoms with Crippen LogP contribution in [0.2, 0.25) is 0 Å². The van der Waals surface area contributed by atoms with Gasteiger partial charge in [0.25, 0.3) is 0 Å². The quantitative estimate of drug-likeness (QED) is 0.527. The first-order valence-electron chi connectivity index (χ1n) is 9.75. The second-order valence-electron chi connectivity index (χ2n) is 7.56. The van der Waals surface area contributed by atoms with Crippen LogP contribution in [0.25, 0.3) is 5.82 Å². The van der Waals surface area contributed by atoms with Gasteiger partial charge in [-0.25, -0.2) is 35.9 Å². The molecule has 11 heteroatoms. The van der Waals surface area contributed by atoms with Crippen molar-refractivity contribution in [3.63, 3.8) is 0 Å². The lowest BCUT2D eigenvalue weighted by molar-refractivity contribution is 0.577.